The van der Waals surface area contributed by atoms with Crippen molar-refractivity contribution in [2.45, 2.75) is 26.5 Å². The molecule has 8 heteroatoms. The fourth-order valence-electron chi connectivity index (χ4n) is 6.00. The van der Waals surface area contributed by atoms with E-state index < -0.39 is 0 Å². The molecule has 45 heavy (non-hydrogen) atoms. The topological polar surface area (TPSA) is 68.5 Å². The number of hydrogen-bond acceptors (Lipinski definition) is 7. The van der Waals surface area contributed by atoms with Crippen LogP contribution in [0.15, 0.2) is 103 Å². The van der Waals surface area contributed by atoms with E-state index in [-0.39, 0.29) is 6.04 Å². The van der Waals surface area contributed by atoms with Gasteiger partial charge in [0.05, 0.1) is 18.8 Å². The zero-order valence-electron chi connectivity index (χ0n) is 26.2. The van der Waals surface area contributed by atoms with E-state index in [4.69, 9.17) is 9.47 Å². The Hall–Kier alpha value is -4.79. The summed E-state index contributed by atoms with van der Waals surface area (Å²) in [4.78, 5) is 4.97. The smallest absolute Gasteiger partial charge is 0.178 e. The van der Waals surface area contributed by atoms with E-state index >= 15 is 0 Å². The molecule has 0 radical (unpaired) electrons. The van der Waals surface area contributed by atoms with Crippen LogP contribution in [0.25, 0.3) is 11.8 Å². The first kappa shape index (κ1) is 30.2. The predicted molar refractivity (Wildman–Crippen MR) is 178 cm³/mol. The Morgan fingerprint density at radius 2 is 1.51 bits per heavy atom. The second-order valence-corrected chi connectivity index (χ2v) is 11.4. The van der Waals surface area contributed by atoms with E-state index in [1.807, 2.05) is 35.0 Å². The highest BCUT2D eigenvalue weighted by Gasteiger charge is 2.32. The second kappa shape index (κ2) is 14.3. The van der Waals surface area contributed by atoms with Crippen LogP contribution >= 0.6 is 0 Å². The van der Waals surface area contributed by atoms with Gasteiger partial charge in [0.25, 0.3) is 0 Å². The van der Waals surface area contributed by atoms with E-state index in [0.29, 0.717) is 18.1 Å². The largest absolute Gasteiger partial charge is 0.493 e. The lowest BCUT2D eigenvalue weighted by Gasteiger charge is -2.38. The summed E-state index contributed by atoms with van der Waals surface area (Å²) in [6, 6.07) is 32.9. The molecule has 0 amide bonds. The molecule has 6 rings (SSSR count). The van der Waals surface area contributed by atoms with Crippen molar-refractivity contribution in [2.75, 3.05) is 39.8 Å². The summed E-state index contributed by atoms with van der Waals surface area (Å²) in [5.41, 5.74) is 6.64. The van der Waals surface area contributed by atoms with E-state index in [9.17, 15) is 0 Å². The van der Waals surface area contributed by atoms with Crippen molar-refractivity contribution in [1.82, 2.24) is 30.0 Å². The molecule has 0 spiro atoms. The van der Waals surface area contributed by atoms with E-state index in [1.165, 1.54) is 5.56 Å². The number of benzene rings is 4. The van der Waals surface area contributed by atoms with Crippen LogP contribution in [0, 0.1) is 13.8 Å². The Bertz CT molecular complexity index is 1690. The fraction of sp³-hybridized carbons (Fsp3) is 0.270. The number of para-hydroxylation sites is 1. The van der Waals surface area contributed by atoms with Crippen molar-refractivity contribution in [3.8, 4) is 17.2 Å². The van der Waals surface area contributed by atoms with Gasteiger partial charge in [-0.3, -0.25) is 9.80 Å². The molecule has 1 aliphatic rings. The van der Waals surface area contributed by atoms with Gasteiger partial charge in [0.15, 0.2) is 17.3 Å². The van der Waals surface area contributed by atoms with E-state index in [1.54, 1.807) is 7.11 Å². The zero-order chi connectivity index (χ0) is 31.0. The average molecular weight is 601 g/mol. The number of rotatable bonds is 11. The molecular weight excluding hydrogens is 560 g/mol. The van der Waals surface area contributed by atoms with Crippen molar-refractivity contribution in [3.63, 3.8) is 0 Å². The maximum Gasteiger partial charge on any atom is 0.178 e. The molecular formula is C37H40N6O2. The summed E-state index contributed by atoms with van der Waals surface area (Å²) in [5, 5.41) is 13.3. The number of ether oxygens (including phenoxy) is 2. The number of piperazine rings is 1. The van der Waals surface area contributed by atoms with Gasteiger partial charge in [-0.15, -0.1) is 5.10 Å². The van der Waals surface area contributed by atoms with Gasteiger partial charge in [-0.25, -0.2) is 0 Å². The standard InChI is InChI=1S/C37H40N6O2/c1-28-12-10-13-29(2)35(28)43-37(38-39-40-43)36(42-24-22-41(23-25-42)21-11-18-30-14-6-4-7-15-30)32-19-20-33(34(26-32)44-3)45-27-31-16-8-5-9-17-31/h4-20,26,36H,21-25,27H2,1-3H3/b18-11+/t36-/m0/s1. The summed E-state index contributed by atoms with van der Waals surface area (Å²) < 4.78 is 14.0. The number of aryl methyl sites for hydroxylation is 2. The van der Waals surface area contributed by atoms with Gasteiger partial charge in [-0.05, 0) is 64.2 Å². The Labute approximate surface area is 265 Å². The number of hydrogen-bond donors (Lipinski definition) is 0. The van der Waals surface area contributed by atoms with Gasteiger partial charge in [0, 0.05) is 32.7 Å². The van der Waals surface area contributed by atoms with Crippen molar-refractivity contribution in [2.24, 2.45) is 0 Å². The van der Waals surface area contributed by atoms with Gasteiger partial charge >= 0.3 is 0 Å². The number of nitrogens with zero attached hydrogens (tertiary/aromatic N) is 6. The summed E-state index contributed by atoms with van der Waals surface area (Å²) in [5.74, 6) is 2.17. The van der Waals surface area contributed by atoms with Crippen LogP contribution in [-0.2, 0) is 6.61 Å². The lowest BCUT2D eigenvalue weighted by Crippen LogP contribution is -2.48. The number of aromatic nitrogens is 4. The second-order valence-electron chi connectivity index (χ2n) is 11.4. The monoisotopic (exact) mass is 600 g/mol. The molecule has 5 aromatic rings. The molecule has 1 fully saturated rings. The molecule has 0 saturated carbocycles. The highest BCUT2D eigenvalue weighted by atomic mass is 16.5. The lowest BCUT2D eigenvalue weighted by atomic mass is 10.0. The minimum absolute atomic E-state index is 0.182. The molecule has 0 bridgehead atoms. The van der Waals surface area contributed by atoms with E-state index in [0.717, 1.165) is 66.5 Å². The van der Waals surface area contributed by atoms with Gasteiger partial charge in [0.1, 0.15) is 6.61 Å². The number of tetrazole rings is 1. The van der Waals surface area contributed by atoms with Crippen LogP contribution in [0.2, 0.25) is 0 Å². The average Bonchev–Trinajstić information content (AvgIpc) is 3.54. The first-order chi connectivity index (χ1) is 22.1. The van der Waals surface area contributed by atoms with Gasteiger partial charge in [0.2, 0.25) is 0 Å². The minimum Gasteiger partial charge on any atom is -0.493 e. The summed E-state index contributed by atoms with van der Waals surface area (Å²) in [6.45, 7) is 9.21. The molecule has 230 valence electrons. The maximum absolute atomic E-state index is 6.20. The van der Waals surface area contributed by atoms with Gasteiger partial charge in [-0.2, -0.15) is 4.68 Å². The molecule has 1 aromatic heterocycles. The minimum atomic E-state index is -0.182. The van der Waals surface area contributed by atoms with Crippen molar-refractivity contribution in [1.29, 1.82) is 0 Å². The summed E-state index contributed by atoms with van der Waals surface area (Å²) >= 11 is 0. The lowest BCUT2D eigenvalue weighted by molar-refractivity contribution is 0.113. The van der Waals surface area contributed by atoms with Crippen LogP contribution in [-0.4, -0.2) is 69.8 Å². The SMILES string of the molecule is COc1cc([C@@H](c2nnnn2-c2c(C)cccc2C)N2CCN(C/C=C/c3ccccc3)CC2)ccc1OCc1ccccc1. The maximum atomic E-state index is 6.20. The van der Waals surface area contributed by atoms with Crippen molar-refractivity contribution in [3.05, 3.63) is 137 Å². The van der Waals surface area contributed by atoms with Crippen molar-refractivity contribution < 1.29 is 9.47 Å². The third-order valence-corrected chi connectivity index (χ3v) is 8.38. The summed E-state index contributed by atoms with van der Waals surface area (Å²) in [7, 11) is 1.69. The molecule has 1 aliphatic heterocycles. The molecule has 1 atom stereocenters. The van der Waals surface area contributed by atoms with Gasteiger partial charge in [-0.1, -0.05) is 97.1 Å². The molecule has 8 nitrogen and oxygen atoms in total. The van der Waals surface area contributed by atoms with Gasteiger partial charge < -0.3 is 9.47 Å². The third kappa shape index (κ3) is 7.14. The molecule has 2 heterocycles. The fourth-order valence-corrected chi connectivity index (χ4v) is 6.00. The normalized spacial score (nSPS) is 14.9. The Morgan fingerprint density at radius 1 is 0.800 bits per heavy atom. The number of methoxy groups -OCH3 is 1. The van der Waals surface area contributed by atoms with Crippen LogP contribution in [0.3, 0.4) is 0 Å². The molecule has 0 N–H and O–H groups in total. The third-order valence-electron chi connectivity index (χ3n) is 8.38. The van der Waals surface area contributed by atoms with Crippen LogP contribution in [0.4, 0.5) is 0 Å². The van der Waals surface area contributed by atoms with Crippen LogP contribution in [0.5, 0.6) is 11.5 Å². The Morgan fingerprint density at radius 3 is 2.22 bits per heavy atom. The van der Waals surface area contributed by atoms with Crippen LogP contribution < -0.4 is 9.47 Å². The van der Waals surface area contributed by atoms with E-state index in [2.05, 4.69) is 118 Å². The quantitative estimate of drug-likeness (QED) is 0.177. The first-order valence-electron chi connectivity index (χ1n) is 15.5. The Balaban J connectivity index is 1.28. The molecule has 1 saturated heterocycles. The predicted octanol–water partition coefficient (Wildman–Crippen LogP) is 6.29. The zero-order valence-corrected chi connectivity index (χ0v) is 26.2. The highest BCUT2D eigenvalue weighted by Crippen LogP contribution is 2.36. The van der Waals surface area contributed by atoms with Crippen LogP contribution in [0.1, 0.15) is 39.7 Å². The molecule has 0 unspecified atom stereocenters. The highest BCUT2D eigenvalue weighted by molar-refractivity contribution is 5.50. The Kier molecular flexibility index (Phi) is 9.63. The first-order valence-corrected chi connectivity index (χ1v) is 15.5. The molecule has 0 aliphatic carbocycles. The summed E-state index contributed by atoms with van der Waals surface area (Å²) in [6.07, 6.45) is 4.45. The molecule has 4 aromatic carbocycles. The van der Waals surface area contributed by atoms with Crippen molar-refractivity contribution >= 4 is 6.08 Å².